The van der Waals surface area contributed by atoms with Gasteiger partial charge in [-0.2, -0.15) is 0 Å². The van der Waals surface area contributed by atoms with Gasteiger partial charge in [-0.25, -0.2) is 0 Å². The van der Waals surface area contributed by atoms with Crippen LogP contribution in [0, 0.1) is 0 Å². The highest BCUT2D eigenvalue weighted by molar-refractivity contribution is 6.29. The first kappa shape index (κ1) is 25.4. The quantitative estimate of drug-likeness (QED) is 0.239. The van der Waals surface area contributed by atoms with Crippen molar-refractivity contribution in [3.63, 3.8) is 0 Å². The third-order valence-corrected chi connectivity index (χ3v) is 7.35. The normalized spacial score (nSPS) is 15.4. The maximum Gasteiger partial charge on any atom is 0.194 e. The van der Waals surface area contributed by atoms with Crippen molar-refractivity contribution >= 4 is 33.7 Å². The van der Waals surface area contributed by atoms with Crippen LogP contribution in [0.3, 0.4) is 0 Å². The molecule has 1 aliphatic heterocycles. The molecule has 0 unspecified atom stereocenters. The second-order valence-electron chi connectivity index (χ2n) is 9.69. The molecule has 1 N–H and O–H groups in total. The van der Waals surface area contributed by atoms with Gasteiger partial charge in [0.15, 0.2) is 5.22 Å². The molecule has 1 aromatic heterocycles. The van der Waals surface area contributed by atoms with Gasteiger partial charge < -0.3 is 14.3 Å². The number of likely N-dealkylation sites (tertiary alicyclic amines) is 1. The van der Waals surface area contributed by atoms with Crippen molar-refractivity contribution in [2.45, 2.75) is 39.0 Å². The molecule has 0 atom stereocenters. The maximum atomic E-state index is 9.91. The zero-order valence-corrected chi connectivity index (χ0v) is 22.1. The van der Waals surface area contributed by atoms with E-state index in [4.69, 9.17) is 20.8 Å². The summed E-state index contributed by atoms with van der Waals surface area (Å²) in [5.41, 5.74) is 6.39. The molecule has 5 heteroatoms. The summed E-state index contributed by atoms with van der Waals surface area (Å²) < 4.78 is 11.7. The standard InChI is InChI=1S/C32H34ClNO3/c1-2-29(25-11-16-30-26(21-25)22-31(33)37-30)32(23-7-12-27(35)13-8-23)24-9-14-28(15-10-24)36-20-19-34-17-5-3-4-6-18-34/h7-16,21-22,35H,2-6,17-20H2,1H3/b32-29-. The van der Waals surface area contributed by atoms with Gasteiger partial charge in [-0.3, -0.25) is 4.90 Å². The topological polar surface area (TPSA) is 45.8 Å². The smallest absolute Gasteiger partial charge is 0.194 e. The lowest BCUT2D eigenvalue weighted by molar-refractivity contribution is 0.214. The highest BCUT2D eigenvalue weighted by Crippen LogP contribution is 2.37. The van der Waals surface area contributed by atoms with E-state index >= 15 is 0 Å². The first-order valence-corrected chi connectivity index (χ1v) is 13.7. The Labute approximate surface area is 224 Å². The van der Waals surface area contributed by atoms with Crippen molar-refractivity contribution in [2.75, 3.05) is 26.2 Å². The number of rotatable bonds is 8. The van der Waals surface area contributed by atoms with Crippen LogP contribution in [0.1, 0.15) is 55.7 Å². The van der Waals surface area contributed by atoms with E-state index in [2.05, 4.69) is 48.2 Å². The van der Waals surface area contributed by atoms with Crippen molar-refractivity contribution in [1.29, 1.82) is 0 Å². The monoisotopic (exact) mass is 515 g/mol. The molecule has 0 spiro atoms. The van der Waals surface area contributed by atoms with E-state index < -0.39 is 0 Å². The minimum Gasteiger partial charge on any atom is -0.508 e. The number of phenolic OH excluding ortho intramolecular Hbond substituents is 1. The molecule has 1 fully saturated rings. The number of allylic oxidation sites excluding steroid dienone is 1. The Morgan fingerprint density at radius 3 is 2.19 bits per heavy atom. The van der Waals surface area contributed by atoms with Crippen molar-refractivity contribution < 1.29 is 14.3 Å². The van der Waals surface area contributed by atoms with E-state index in [0.29, 0.717) is 11.8 Å². The number of phenols is 1. The van der Waals surface area contributed by atoms with Gasteiger partial charge in [-0.15, -0.1) is 0 Å². The summed E-state index contributed by atoms with van der Waals surface area (Å²) in [6, 6.07) is 23.8. The first-order chi connectivity index (χ1) is 18.1. The van der Waals surface area contributed by atoms with Crippen LogP contribution in [0.25, 0.3) is 22.1 Å². The molecule has 37 heavy (non-hydrogen) atoms. The lowest BCUT2D eigenvalue weighted by Gasteiger charge is -2.20. The summed E-state index contributed by atoms with van der Waals surface area (Å²) in [5, 5.41) is 11.3. The fourth-order valence-corrected chi connectivity index (χ4v) is 5.44. The van der Waals surface area contributed by atoms with Gasteiger partial charge in [0.1, 0.15) is 23.7 Å². The number of benzene rings is 3. The van der Waals surface area contributed by atoms with E-state index in [1.807, 2.05) is 24.3 Å². The second kappa shape index (κ2) is 11.9. The Bertz CT molecular complexity index is 1350. The Balaban J connectivity index is 1.44. The number of hydrogen-bond acceptors (Lipinski definition) is 4. The lowest BCUT2D eigenvalue weighted by Crippen LogP contribution is -2.29. The average Bonchev–Trinajstić information content (AvgIpc) is 3.09. The van der Waals surface area contributed by atoms with Crippen LogP contribution in [0.15, 0.2) is 77.2 Å². The Hall–Kier alpha value is -3.21. The van der Waals surface area contributed by atoms with Gasteiger partial charge in [0.2, 0.25) is 0 Å². The number of ether oxygens (including phenoxy) is 1. The predicted octanol–water partition coefficient (Wildman–Crippen LogP) is 8.42. The van der Waals surface area contributed by atoms with Crippen LogP contribution in [-0.4, -0.2) is 36.2 Å². The number of hydrogen-bond donors (Lipinski definition) is 1. The predicted molar refractivity (Wildman–Crippen MR) is 152 cm³/mol. The molecule has 5 rings (SSSR count). The average molecular weight is 516 g/mol. The molecule has 2 heterocycles. The molecule has 1 saturated heterocycles. The Morgan fingerprint density at radius 2 is 1.51 bits per heavy atom. The van der Waals surface area contributed by atoms with Crippen molar-refractivity contribution in [3.05, 3.63) is 94.7 Å². The van der Waals surface area contributed by atoms with Gasteiger partial charge in [0.25, 0.3) is 0 Å². The van der Waals surface area contributed by atoms with Gasteiger partial charge in [0.05, 0.1) is 0 Å². The van der Waals surface area contributed by atoms with Crippen LogP contribution < -0.4 is 4.74 Å². The highest BCUT2D eigenvalue weighted by Gasteiger charge is 2.15. The molecule has 0 aliphatic carbocycles. The molecule has 192 valence electrons. The fourth-order valence-electron chi connectivity index (χ4n) is 5.24. The molecule has 0 radical (unpaired) electrons. The number of nitrogens with zero attached hydrogens (tertiary/aromatic N) is 1. The summed E-state index contributed by atoms with van der Waals surface area (Å²) >= 11 is 6.10. The highest BCUT2D eigenvalue weighted by atomic mass is 35.5. The van der Waals surface area contributed by atoms with E-state index in [0.717, 1.165) is 51.9 Å². The third-order valence-electron chi connectivity index (χ3n) is 7.16. The van der Waals surface area contributed by atoms with Gasteiger partial charge in [-0.1, -0.05) is 50.1 Å². The molecule has 0 bridgehead atoms. The molecular weight excluding hydrogens is 482 g/mol. The van der Waals surface area contributed by atoms with E-state index in [1.54, 1.807) is 12.1 Å². The maximum absolute atomic E-state index is 9.91. The van der Waals surface area contributed by atoms with E-state index in [9.17, 15) is 5.11 Å². The summed E-state index contributed by atoms with van der Waals surface area (Å²) in [7, 11) is 0. The number of furan rings is 1. The van der Waals surface area contributed by atoms with Gasteiger partial charge >= 0.3 is 0 Å². The molecule has 4 nitrogen and oxygen atoms in total. The fraction of sp³-hybridized carbons (Fsp3) is 0.312. The largest absolute Gasteiger partial charge is 0.508 e. The zero-order chi connectivity index (χ0) is 25.6. The third kappa shape index (κ3) is 6.20. The molecule has 4 aromatic rings. The number of halogens is 1. The number of fused-ring (bicyclic) bond motifs is 1. The zero-order valence-electron chi connectivity index (χ0n) is 21.4. The summed E-state index contributed by atoms with van der Waals surface area (Å²) in [5.74, 6) is 1.14. The molecule has 0 saturated carbocycles. The van der Waals surface area contributed by atoms with Crippen molar-refractivity contribution in [2.24, 2.45) is 0 Å². The van der Waals surface area contributed by atoms with Crippen LogP contribution in [0.2, 0.25) is 5.22 Å². The summed E-state index contributed by atoms with van der Waals surface area (Å²) in [6.45, 7) is 6.20. The minimum absolute atomic E-state index is 0.253. The lowest BCUT2D eigenvalue weighted by atomic mass is 9.88. The van der Waals surface area contributed by atoms with Crippen LogP contribution in [0.4, 0.5) is 0 Å². The van der Waals surface area contributed by atoms with E-state index in [-0.39, 0.29) is 5.75 Å². The van der Waals surface area contributed by atoms with Gasteiger partial charge in [-0.05, 0) is 108 Å². The van der Waals surface area contributed by atoms with Crippen molar-refractivity contribution in [3.8, 4) is 11.5 Å². The summed E-state index contributed by atoms with van der Waals surface area (Å²) in [4.78, 5) is 2.52. The van der Waals surface area contributed by atoms with Crippen LogP contribution in [0.5, 0.6) is 11.5 Å². The number of aromatic hydroxyl groups is 1. The van der Waals surface area contributed by atoms with E-state index in [1.165, 1.54) is 44.3 Å². The Kier molecular flexibility index (Phi) is 8.18. The SMILES string of the molecule is CC/C(=C(\c1ccc(O)cc1)c1ccc(OCCN2CCCCCC2)cc1)c1ccc2oc(Cl)cc2c1. The molecule has 3 aromatic carbocycles. The first-order valence-electron chi connectivity index (χ1n) is 13.3. The van der Waals surface area contributed by atoms with Crippen molar-refractivity contribution in [1.82, 2.24) is 4.90 Å². The van der Waals surface area contributed by atoms with Crippen LogP contribution >= 0.6 is 11.6 Å². The molecule has 0 amide bonds. The Morgan fingerprint density at radius 1 is 0.865 bits per heavy atom. The minimum atomic E-state index is 0.253. The van der Waals surface area contributed by atoms with Gasteiger partial charge in [0, 0.05) is 18.0 Å². The molecule has 1 aliphatic rings. The van der Waals surface area contributed by atoms with Crippen LogP contribution in [-0.2, 0) is 0 Å². The second-order valence-corrected chi connectivity index (χ2v) is 10.1. The molecular formula is C32H34ClNO3. The summed E-state index contributed by atoms with van der Waals surface area (Å²) in [6.07, 6.45) is 6.11.